The summed E-state index contributed by atoms with van der Waals surface area (Å²) in [6, 6.07) is 8.96. The molecule has 0 saturated carbocycles. The molecule has 0 amide bonds. The smallest absolute Gasteiger partial charge is 0.328 e. The Bertz CT molecular complexity index is 689. The molecule has 3 nitrogen and oxygen atoms in total. The Labute approximate surface area is 136 Å². The van der Waals surface area contributed by atoms with Crippen molar-refractivity contribution in [1.29, 1.82) is 0 Å². The zero-order valence-electron chi connectivity index (χ0n) is 11.2. The van der Waals surface area contributed by atoms with E-state index in [4.69, 9.17) is 33.0 Å². The second-order valence-corrected chi connectivity index (χ2v) is 5.21. The molecule has 114 valence electrons. The normalized spacial score (nSPS) is 10.9. The molecule has 2 aromatic rings. The van der Waals surface area contributed by atoms with Gasteiger partial charge in [0.2, 0.25) is 0 Å². The zero-order chi connectivity index (χ0) is 16.1. The molecule has 0 aromatic heterocycles. The minimum atomic E-state index is -1.07. The summed E-state index contributed by atoms with van der Waals surface area (Å²) < 4.78 is 18.4. The van der Waals surface area contributed by atoms with Crippen molar-refractivity contribution in [2.24, 2.45) is 0 Å². The maximum atomic E-state index is 12.8. The third-order valence-electron chi connectivity index (χ3n) is 2.74. The van der Waals surface area contributed by atoms with E-state index >= 15 is 0 Å². The van der Waals surface area contributed by atoms with Gasteiger partial charge in [0.05, 0.1) is 10.0 Å². The summed E-state index contributed by atoms with van der Waals surface area (Å²) in [7, 11) is 0. The Morgan fingerprint density at radius 3 is 2.32 bits per heavy atom. The summed E-state index contributed by atoms with van der Waals surface area (Å²) in [5.74, 6) is -1.10. The lowest BCUT2D eigenvalue weighted by molar-refractivity contribution is -0.131. The van der Waals surface area contributed by atoms with Crippen LogP contribution in [-0.2, 0) is 11.4 Å². The van der Waals surface area contributed by atoms with Crippen LogP contribution in [0.5, 0.6) is 5.75 Å². The SMILES string of the molecule is O=C(O)C=Cc1cc(Cl)c(OCc2ccc(F)cc2)c(Cl)c1. The molecule has 0 aliphatic heterocycles. The monoisotopic (exact) mass is 340 g/mol. The molecule has 0 aliphatic carbocycles. The molecule has 2 aromatic carbocycles. The molecule has 0 heterocycles. The first-order valence-electron chi connectivity index (χ1n) is 6.23. The maximum Gasteiger partial charge on any atom is 0.328 e. The summed E-state index contributed by atoms with van der Waals surface area (Å²) in [5, 5.41) is 9.12. The fourth-order valence-electron chi connectivity index (χ4n) is 1.72. The number of carboxylic acid groups (broad SMARTS) is 1. The van der Waals surface area contributed by atoms with Crippen molar-refractivity contribution in [2.75, 3.05) is 0 Å². The largest absolute Gasteiger partial charge is 0.486 e. The molecule has 6 heteroatoms. The summed E-state index contributed by atoms with van der Waals surface area (Å²) in [6.45, 7) is 0.185. The van der Waals surface area contributed by atoms with Gasteiger partial charge in [0.15, 0.2) is 5.75 Å². The minimum absolute atomic E-state index is 0.185. The van der Waals surface area contributed by atoms with Gasteiger partial charge in [-0.2, -0.15) is 0 Å². The molecule has 0 bridgehead atoms. The van der Waals surface area contributed by atoms with Crippen molar-refractivity contribution in [3.63, 3.8) is 0 Å². The minimum Gasteiger partial charge on any atom is -0.486 e. The fraction of sp³-hybridized carbons (Fsp3) is 0.0625. The van der Waals surface area contributed by atoms with Crippen molar-refractivity contribution in [3.8, 4) is 5.75 Å². The van der Waals surface area contributed by atoms with E-state index in [0.29, 0.717) is 11.3 Å². The number of rotatable bonds is 5. The molecule has 0 atom stereocenters. The van der Waals surface area contributed by atoms with E-state index in [1.807, 2.05) is 0 Å². The van der Waals surface area contributed by atoms with Crippen molar-refractivity contribution in [3.05, 3.63) is 69.5 Å². The molecular weight excluding hydrogens is 330 g/mol. The first-order chi connectivity index (χ1) is 10.5. The van der Waals surface area contributed by atoms with Crippen LogP contribution in [0.2, 0.25) is 10.0 Å². The lowest BCUT2D eigenvalue weighted by Gasteiger charge is -2.11. The first kappa shape index (κ1) is 16.3. The predicted molar refractivity (Wildman–Crippen MR) is 83.9 cm³/mol. The average Bonchev–Trinajstić information content (AvgIpc) is 2.46. The number of hydrogen-bond donors (Lipinski definition) is 1. The van der Waals surface area contributed by atoms with Gasteiger partial charge in [-0.3, -0.25) is 0 Å². The van der Waals surface area contributed by atoms with E-state index < -0.39 is 5.97 Å². The Kier molecular flexibility index (Phi) is 5.41. The second kappa shape index (κ2) is 7.29. The summed E-state index contributed by atoms with van der Waals surface area (Å²) in [6.07, 6.45) is 2.37. The number of ether oxygens (including phenoxy) is 1. The van der Waals surface area contributed by atoms with Gasteiger partial charge < -0.3 is 9.84 Å². The average molecular weight is 341 g/mol. The Hall–Kier alpha value is -2.04. The quantitative estimate of drug-likeness (QED) is 0.794. The third kappa shape index (κ3) is 4.48. The van der Waals surface area contributed by atoms with Crippen LogP contribution in [-0.4, -0.2) is 11.1 Å². The Morgan fingerprint density at radius 1 is 1.18 bits per heavy atom. The molecule has 1 N–H and O–H groups in total. The highest BCUT2D eigenvalue weighted by molar-refractivity contribution is 6.37. The maximum absolute atomic E-state index is 12.8. The van der Waals surface area contributed by atoms with Gasteiger partial charge in [0, 0.05) is 6.08 Å². The van der Waals surface area contributed by atoms with Gasteiger partial charge in [0.25, 0.3) is 0 Å². The van der Waals surface area contributed by atoms with Crippen LogP contribution in [0.25, 0.3) is 6.08 Å². The van der Waals surface area contributed by atoms with E-state index in [-0.39, 0.29) is 22.5 Å². The Morgan fingerprint density at radius 2 is 1.77 bits per heavy atom. The number of halogens is 3. The lowest BCUT2D eigenvalue weighted by atomic mass is 10.2. The van der Waals surface area contributed by atoms with Crippen molar-refractivity contribution >= 4 is 35.2 Å². The topological polar surface area (TPSA) is 46.5 Å². The number of hydrogen-bond acceptors (Lipinski definition) is 2. The van der Waals surface area contributed by atoms with E-state index in [0.717, 1.165) is 11.6 Å². The van der Waals surface area contributed by atoms with Crippen molar-refractivity contribution in [2.45, 2.75) is 6.61 Å². The number of aliphatic carboxylic acids is 1. The highest BCUT2D eigenvalue weighted by Crippen LogP contribution is 2.35. The number of carboxylic acids is 1. The molecule has 0 aliphatic rings. The van der Waals surface area contributed by atoms with E-state index in [9.17, 15) is 9.18 Å². The third-order valence-corrected chi connectivity index (χ3v) is 3.30. The van der Waals surface area contributed by atoms with Gasteiger partial charge in [-0.25, -0.2) is 9.18 Å². The number of carbonyl (C=O) groups is 1. The van der Waals surface area contributed by atoms with Gasteiger partial charge in [-0.05, 0) is 41.5 Å². The van der Waals surface area contributed by atoms with Crippen LogP contribution < -0.4 is 4.74 Å². The van der Waals surface area contributed by atoms with Gasteiger partial charge in [-0.15, -0.1) is 0 Å². The molecule has 0 spiro atoms. The summed E-state index contributed by atoms with van der Waals surface area (Å²) in [5.41, 5.74) is 1.31. The van der Waals surface area contributed by atoms with Crippen LogP contribution in [0.15, 0.2) is 42.5 Å². The van der Waals surface area contributed by atoms with E-state index in [1.54, 1.807) is 24.3 Å². The van der Waals surface area contributed by atoms with Gasteiger partial charge >= 0.3 is 5.97 Å². The summed E-state index contributed by atoms with van der Waals surface area (Å²) in [4.78, 5) is 10.5. The van der Waals surface area contributed by atoms with Crippen molar-refractivity contribution in [1.82, 2.24) is 0 Å². The van der Waals surface area contributed by atoms with E-state index in [1.165, 1.54) is 18.2 Å². The summed E-state index contributed by atoms with van der Waals surface area (Å²) >= 11 is 12.2. The molecular formula is C16H11Cl2FO3. The molecule has 0 unspecified atom stereocenters. The highest BCUT2D eigenvalue weighted by atomic mass is 35.5. The van der Waals surface area contributed by atoms with Crippen LogP contribution in [0, 0.1) is 5.82 Å². The van der Waals surface area contributed by atoms with Crippen molar-refractivity contribution < 1.29 is 19.0 Å². The van der Waals surface area contributed by atoms with Crippen LogP contribution in [0.3, 0.4) is 0 Å². The van der Waals surface area contributed by atoms with Crippen LogP contribution >= 0.6 is 23.2 Å². The molecule has 22 heavy (non-hydrogen) atoms. The van der Waals surface area contributed by atoms with Gasteiger partial charge in [0.1, 0.15) is 12.4 Å². The first-order valence-corrected chi connectivity index (χ1v) is 6.98. The molecule has 2 rings (SSSR count). The lowest BCUT2D eigenvalue weighted by Crippen LogP contribution is -1.97. The predicted octanol–water partition coefficient (Wildman–Crippen LogP) is 4.81. The van der Waals surface area contributed by atoms with Crippen LogP contribution in [0.1, 0.15) is 11.1 Å². The number of benzene rings is 2. The standard InChI is InChI=1S/C16H11Cl2FO3/c17-13-7-11(3-6-15(20)21)8-14(18)16(13)22-9-10-1-4-12(19)5-2-10/h1-8H,9H2,(H,20,21). The van der Waals surface area contributed by atoms with E-state index in [2.05, 4.69) is 0 Å². The molecule has 0 radical (unpaired) electrons. The molecule has 0 saturated heterocycles. The fourth-order valence-corrected chi connectivity index (χ4v) is 2.33. The Balaban J connectivity index is 2.14. The van der Waals surface area contributed by atoms with Crippen LogP contribution in [0.4, 0.5) is 4.39 Å². The highest BCUT2D eigenvalue weighted by Gasteiger charge is 2.09. The second-order valence-electron chi connectivity index (χ2n) is 4.40. The van der Waals surface area contributed by atoms with Gasteiger partial charge in [-0.1, -0.05) is 35.3 Å². The zero-order valence-corrected chi connectivity index (χ0v) is 12.7. The molecule has 0 fully saturated rings.